The fraction of sp³-hybridized carbons (Fsp3) is 0.531. The third kappa shape index (κ3) is 11.7. The molecule has 1 unspecified atom stereocenters. The fourth-order valence-electron chi connectivity index (χ4n) is 4.94. The molecule has 0 aliphatic carbocycles. The minimum atomic E-state index is -4.43. The number of benzene rings is 1. The number of ether oxygens (including phenoxy) is 2. The molecule has 2 saturated heterocycles. The Bertz CT molecular complexity index is 1200. The number of nitrogens with zero attached hydrogens (tertiary/aromatic N) is 3. The zero-order valence-corrected chi connectivity index (χ0v) is 26.0. The van der Waals surface area contributed by atoms with Gasteiger partial charge in [-0.3, -0.25) is 9.89 Å². The summed E-state index contributed by atoms with van der Waals surface area (Å²) in [5, 5.41) is 2.88. The summed E-state index contributed by atoms with van der Waals surface area (Å²) in [4.78, 5) is 20.9. The summed E-state index contributed by atoms with van der Waals surface area (Å²) >= 11 is 0. The SMILES string of the molecule is CC=Nc1ccc(C(F)(F)F)cc1/C(NCC=O)=C(\C)CC.CN.Fc1ccc(COC2CCN(C3CCOCC3)C2)cn1. The van der Waals surface area contributed by atoms with Crippen LogP contribution in [0, 0.1) is 5.95 Å². The van der Waals surface area contributed by atoms with Gasteiger partial charge in [0.25, 0.3) is 0 Å². The molecule has 2 aliphatic heterocycles. The highest BCUT2D eigenvalue weighted by Crippen LogP contribution is 2.35. The van der Waals surface area contributed by atoms with E-state index < -0.39 is 17.7 Å². The van der Waals surface area contributed by atoms with Crippen LogP contribution in [0.25, 0.3) is 5.70 Å². The van der Waals surface area contributed by atoms with Gasteiger partial charge < -0.3 is 25.3 Å². The maximum Gasteiger partial charge on any atom is 0.416 e. The Morgan fingerprint density at radius 3 is 2.52 bits per heavy atom. The van der Waals surface area contributed by atoms with Gasteiger partial charge in [0.2, 0.25) is 5.95 Å². The Labute approximate surface area is 257 Å². The van der Waals surface area contributed by atoms with Crippen molar-refractivity contribution in [2.45, 2.75) is 71.4 Å². The number of hydrogen-bond donors (Lipinski definition) is 2. The van der Waals surface area contributed by atoms with E-state index in [0.29, 0.717) is 42.3 Å². The van der Waals surface area contributed by atoms with Crippen molar-refractivity contribution in [3.63, 3.8) is 0 Å². The second-order valence-electron chi connectivity index (χ2n) is 10.2. The van der Waals surface area contributed by atoms with Crippen LogP contribution in [0.15, 0.2) is 47.1 Å². The van der Waals surface area contributed by atoms with Gasteiger partial charge in [-0.2, -0.15) is 17.6 Å². The molecule has 244 valence electrons. The number of aliphatic imine (C=N–C) groups is 1. The number of carbonyl (C=O) groups excluding carboxylic acids is 1. The van der Waals surface area contributed by atoms with Crippen molar-refractivity contribution < 1.29 is 31.8 Å². The van der Waals surface area contributed by atoms with Gasteiger partial charge in [0.05, 0.1) is 30.5 Å². The van der Waals surface area contributed by atoms with Crippen LogP contribution in [0.2, 0.25) is 0 Å². The molecule has 2 fully saturated rings. The lowest BCUT2D eigenvalue weighted by molar-refractivity contribution is -0.137. The van der Waals surface area contributed by atoms with Crippen molar-refractivity contribution in [1.82, 2.24) is 15.2 Å². The zero-order chi connectivity index (χ0) is 32.5. The first kappa shape index (κ1) is 37.0. The average molecular weight is 624 g/mol. The molecule has 0 saturated carbocycles. The van der Waals surface area contributed by atoms with Crippen LogP contribution >= 0.6 is 0 Å². The number of rotatable bonds is 10. The predicted octanol–water partition coefficient (Wildman–Crippen LogP) is 5.92. The first-order valence-corrected chi connectivity index (χ1v) is 14.8. The second-order valence-corrected chi connectivity index (χ2v) is 10.2. The summed E-state index contributed by atoms with van der Waals surface area (Å²) < 4.78 is 62.9. The lowest BCUT2D eigenvalue weighted by Gasteiger charge is -2.30. The highest BCUT2D eigenvalue weighted by atomic mass is 19.4. The van der Waals surface area contributed by atoms with E-state index in [0.717, 1.165) is 68.8 Å². The van der Waals surface area contributed by atoms with Gasteiger partial charge >= 0.3 is 6.18 Å². The summed E-state index contributed by atoms with van der Waals surface area (Å²) in [6.45, 7) is 9.81. The van der Waals surface area contributed by atoms with E-state index >= 15 is 0 Å². The Balaban J connectivity index is 0.000000291. The van der Waals surface area contributed by atoms with E-state index in [-0.39, 0.29) is 12.6 Å². The largest absolute Gasteiger partial charge is 0.416 e. The summed E-state index contributed by atoms with van der Waals surface area (Å²) in [5.74, 6) is -0.444. The van der Waals surface area contributed by atoms with E-state index in [1.165, 1.54) is 25.4 Å². The van der Waals surface area contributed by atoms with Crippen LogP contribution in [0.4, 0.5) is 23.2 Å². The highest BCUT2D eigenvalue weighted by molar-refractivity contribution is 5.79. The summed E-state index contributed by atoms with van der Waals surface area (Å²) in [6.07, 6.45) is 3.56. The van der Waals surface area contributed by atoms with Crippen LogP contribution in [0.5, 0.6) is 0 Å². The minimum Gasteiger partial charge on any atom is -0.381 e. The fourth-order valence-corrected chi connectivity index (χ4v) is 4.94. The Morgan fingerprint density at radius 1 is 1.20 bits per heavy atom. The van der Waals surface area contributed by atoms with Crippen LogP contribution in [-0.4, -0.2) is 74.4 Å². The van der Waals surface area contributed by atoms with Gasteiger partial charge in [-0.15, -0.1) is 0 Å². The molecule has 44 heavy (non-hydrogen) atoms. The minimum absolute atomic E-state index is 0.0260. The monoisotopic (exact) mass is 623 g/mol. The molecule has 1 atom stereocenters. The number of alkyl halides is 3. The number of nitrogens with two attached hydrogens (primary N) is 1. The molecule has 3 N–H and O–H groups in total. The molecular weight excluding hydrogens is 578 g/mol. The first-order chi connectivity index (χ1) is 21.2. The van der Waals surface area contributed by atoms with Gasteiger partial charge in [-0.25, -0.2) is 4.98 Å². The van der Waals surface area contributed by atoms with Crippen LogP contribution in [0.3, 0.4) is 0 Å². The highest BCUT2D eigenvalue weighted by Gasteiger charge is 2.32. The van der Waals surface area contributed by atoms with Gasteiger partial charge in [-0.05, 0) is 82.0 Å². The molecule has 0 radical (unpaired) electrons. The van der Waals surface area contributed by atoms with Crippen LogP contribution in [-0.2, 0) is 27.1 Å². The van der Waals surface area contributed by atoms with E-state index in [1.807, 2.05) is 13.8 Å². The molecule has 0 bridgehead atoms. The zero-order valence-electron chi connectivity index (χ0n) is 26.0. The maximum atomic E-state index is 13.0. The molecule has 8 nitrogen and oxygen atoms in total. The Hall–Kier alpha value is -3.19. The number of carbonyl (C=O) groups is 1. The molecule has 2 aliphatic rings. The van der Waals surface area contributed by atoms with Crippen molar-refractivity contribution in [3.8, 4) is 0 Å². The third-order valence-electron chi connectivity index (χ3n) is 7.34. The Morgan fingerprint density at radius 2 is 1.93 bits per heavy atom. The van der Waals surface area contributed by atoms with Crippen molar-refractivity contribution in [3.05, 3.63) is 64.7 Å². The normalized spacial score (nSPS) is 18.2. The van der Waals surface area contributed by atoms with Gasteiger partial charge in [-0.1, -0.05) is 13.0 Å². The summed E-state index contributed by atoms with van der Waals surface area (Å²) in [7, 11) is 1.50. The molecule has 1 aromatic heterocycles. The van der Waals surface area contributed by atoms with Crippen molar-refractivity contribution in [2.75, 3.05) is 39.9 Å². The van der Waals surface area contributed by atoms with Crippen molar-refractivity contribution in [2.24, 2.45) is 10.7 Å². The molecule has 2 aromatic rings. The van der Waals surface area contributed by atoms with Crippen LogP contribution in [0.1, 0.15) is 63.1 Å². The number of halogens is 4. The topological polar surface area (TPSA) is 102 Å². The number of likely N-dealkylation sites (tertiary alicyclic amines) is 1. The number of pyridine rings is 1. The lowest BCUT2D eigenvalue weighted by Crippen LogP contribution is -2.38. The van der Waals surface area contributed by atoms with Gasteiger partial charge in [0.15, 0.2) is 0 Å². The standard InChI is InChI=1S/C16H19F3N2O.C15H21FN2O2.CH5N/c1-4-11(3)15(21-8-9-22)13-10-12(16(17,18)19)6-7-14(13)20-5-2;16-15-2-1-12(9-17-15)11-20-14-3-6-18(10-14)13-4-7-19-8-5-13;1-2/h5-7,9-10,21H,4,8H2,1-3H3;1-2,9,13-14H,3-8,10-11H2;2H2,1H3/b15-11-,20-5?;;. The Kier molecular flexibility index (Phi) is 16.2. The van der Waals surface area contributed by atoms with Crippen LogP contribution < -0.4 is 11.1 Å². The molecule has 12 heteroatoms. The third-order valence-corrected chi connectivity index (χ3v) is 7.34. The maximum absolute atomic E-state index is 13.0. The van der Waals surface area contributed by atoms with E-state index in [1.54, 1.807) is 19.2 Å². The number of hydrogen-bond acceptors (Lipinski definition) is 8. The van der Waals surface area contributed by atoms with E-state index in [2.05, 4.69) is 25.9 Å². The predicted molar refractivity (Wildman–Crippen MR) is 165 cm³/mol. The first-order valence-electron chi connectivity index (χ1n) is 14.8. The van der Waals surface area contributed by atoms with Gasteiger partial charge in [0.1, 0.15) is 6.29 Å². The molecule has 1 aromatic carbocycles. The molecule has 0 spiro atoms. The van der Waals surface area contributed by atoms with Gasteiger partial charge in [0, 0.05) is 56.0 Å². The summed E-state index contributed by atoms with van der Waals surface area (Å²) in [6, 6.07) is 7.17. The number of nitrogens with one attached hydrogen (secondary N) is 1. The molecule has 0 amide bonds. The lowest BCUT2D eigenvalue weighted by atomic mass is 10.0. The van der Waals surface area contributed by atoms with Crippen molar-refractivity contribution >= 4 is 23.9 Å². The smallest absolute Gasteiger partial charge is 0.381 e. The van der Waals surface area contributed by atoms with E-state index in [9.17, 15) is 22.4 Å². The van der Waals surface area contributed by atoms with Crippen molar-refractivity contribution in [1.29, 1.82) is 0 Å². The average Bonchev–Trinajstić information content (AvgIpc) is 3.52. The second kappa shape index (κ2) is 19.3. The molecule has 3 heterocycles. The number of aldehydes is 1. The quantitative estimate of drug-likeness (QED) is 0.147. The molecule has 4 rings (SSSR count). The molecular formula is C32H45F4N5O3. The summed E-state index contributed by atoms with van der Waals surface area (Å²) in [5.41, 5.74) is 6.82. The van der Waals surface area contributed by atoms with E-state index in [4.69, 9.17) is 9.47 Å². The number of aromatic nitrogens is 1. The number of allylic oxidation sites excluding steroid dienone is 1.